The highest BCUT2D eigenvalue weighted by atomic mass is 32.1. The van der Waals surface area contributed by atoms with Gasteiger partial charge >= 0.3 is 0 Å². The monoisotopic (exact) mass is 723 g/mol. The van der Waals surface area contributed by atoms with Gasteiger partial charge in [-0.3, -0.25) is 0 Å². The second-order valence-electron chi connectivity index (χ2n) is 14.8. The molecule has 0 rings (SSSR count). The first-order valence-corrected chi connectivity index (χ1v) is 22.1. The summed E-state index contributed by atoms with van der Waals surface area (Å²) >= 11 is 5.39. The smallest absolute Gasteiger partial charge is 0.256 e. The van der Waals surface area contributed by atoms with E-state index in [1.165, 1.54) is 167 Å². The van der Waals surface area contributed by atoms with Gasteiger partial charge in [-0.25, -0.2) is 0 Å². The van der Waals surface area contributed by atoms with Crippen molar-refractivity contribution in [2.24, 2.45) is 0 Å². The lowest BCUT2D eigenvalue weighted by Crippen LogP contribution is -2.37. The molecule has 5 nitrogen and oxygen atoms in total. The molecule has 0 aromatic carbocycles. The lowest BCUT2D eigenvalue weighted by molar-refractivity contribution is -0.0161. The van der Waals surface area contributed by atoms with E-state index < -0.39 is 0 Å². The van der Waals surface area contributed by atoms with Gasteiger partial charge in [0.25, 0.3) is 5.17 Å². The van der Waals surface area contributed by atoms with Crippen LogP contribution in [0, 0.1) is 0 Å². The fraction of sp³-hybridized carbons (Fsp3) is 0.886. The molecule has 296 valence electrons. The molecule has 0 aliphatic heterocycles. The molecule has 0 radical (unpaired) electrons. The minimum atomic E-state index is -0.0114. The average molecular weight is 723 g/mol. The Morgan fingerprint density at radius 2 is 0.940 bits per heavy atom. The number of allylic oxidation sites excluding steroid dienone is 4. The summed E-state index contributed by atoms with van der Waals surface area (Å²) in [6.07, 6.45) is 46.6. The fourth-order valence-electron chi connectivity index (χ4n) is 6.00. The van der Waals surface area contributed by atoms with Gasteiger partial charge in [-0.1, -0.05) is 154 Å². The summed E-state index contributed by atoms with van der Waals surface area (Å²) in [5.74, 6) is 0. The van der Waals surface area contributed by atoms with E-state index in [9.17, 15) is 0 Å². The first kappa shape index (κ1) is 49.0. The number of nitrogens with one attached hydrogen (secondary N) is 1. The third-order valence-corrected chi connectivity index (χ3v) is 9.62. The van der Waals surface area contributed by atoms with E-state index in [0.717, 1.165) is 32.6 Å². The summed E-state index contributed by atoms with van der Waals surface area (Å²) < 4.78 is 18.0. The lowest BCUT2D eigenvalue weighted by Gasteiger charge is -2.20. The fourth-order valence-corrected chi connectivity index (χ4v) is 6.17. The molecule has 1 atom stereocenters. The van der Waals surface area contributed by atoms with E-state index in [-0.39, 0.29) is 6.10 Å². The number of likely N-dealkylation sites (N-methyl/N-ethyl adjacent to an activating group) is 1. The van der Waals surface area contributed by atoms with Crippen molar-refractivity contribution >= 4 is 17.4 Å². The van der Waals surface area contributed by atoms with Crippen molar-refractivity contribution in [3.05, 3.63) is 24.3 Å². The SMILES string of the molecule is CCCCCCCCC=CCCCCCCCCOCC(CNC(=S)OCCN(C)C)OCCCCCCCCC=CCCCCCCCC. The van der Waals surface area contributed by atoms with Crippen molar-refractivity contribution in [1.82, 2.24) is 10.2 Å². The van der Waals surface area contributed by atoms with Crippen LogP contribution in [-0.4, -0.2) is 69.8 Å². The third-order valence-electron chi connectivity index (χ3n) is 9.36. The van der Waals surface area contributed by atoms with Crippen molar-refractivity contribution in [2.75, 3.05) is 53.6 Å². The van der Waals surface area contributed by atoms with Crippen LogP contribution in [0.25, 0.3) is 0 Å². The number of thiocarbonyl (C=S) groups is 1. The minimum absolute atomic E-state index is 0.0114. The van der Waals surface area contributed by atoms with E-state index in [0.29, 0.717) is 24.9 Å². The first-order chi connectivity index (χ1) is 24.6. The number of unbranched alkanes of at least 4 members (excludes halogenated alkanes) is 24. The summed E-state index contributed by atoms with van der Waals surface area (Å²) in [7, 11) is 4.07. The van der Waals surface area contributed by atoms with Crippen molar-refractivity contribution in [2.45, 2.75) is 200 Å². The first-order valence-electron chi connectivity index (χ1n) is 21.6. The summed E-state index contributed by atoms with van der Waals surface area (Å²) in [5.41, 5.74) is 0. The maximum Gasteiger partial charge on any atom is 0.256 e. The highest BCUT2D eigenvalue weighted by molar-refractivity contribution is 7.80. The van der Waals surface area contributed by atoms with Crippen LogP contribution in [0.1, 0.15) is 194 Å². The van der Waals surface area contributed by atoms with Crippen LogP contribution >= 0.6 is 12.2 Å². The van der Waals surface area contributed by atoms with Crippen LogP contribution in [0.5, 0.6) is 0 Å². The Labute approximate surface area is 318 Å². The summed E-state index contributed by atoms with van der Waals surface area (Å²) in [6.45, 7) is 8.81. The predicted molar refractivity (Wildman–Crippen MR) is 225 cm³/mol. The van der Waals surface area contributed by atoms with E-state index in [1.54, 1.807) is 0 Å². The van der Waals surface area contributed by atoms with Crippen molar-refractivity contribution in [3.63, 3.8) is 0 Å². The van der Waals surface area contributed by atoms with Crippen LogP contribution in [0.2, 0.25) is 0 Å². The van der Waals surface area contributed by atoms with Gasteiger partial charge in [-0.15, -0.1) is 0 Å². The van der Waals surface area contributed by atoms with Gasteiger partial charge in [0, 0.05) is 26.3 Å². The molecular weight excluding hydrogens is 637 g/mol. The second-order valence-corrected chi connectivity index (χ2v) is 15.1. The van der Waals surface area contributed by atoms with E-state index in [1.807, 2.05) is 14.1 Å². The number of rotatable bonds is 40. The molecule has 0 heterocycles. The molecular formula is C44H86N2O3S. The molecule has 0 aromatic rings. The topological polar surface area (TPSA) is 43.0 Å². The van der Waals surface area contributed by atoms with Crippen LogP contribution in [0.15, 0.2) is 24.3 Å². The molecule has 0 saturated carbocycles. The molecule has 0 spiro atoms. The third kappa shape index (κ3) is 41.5. The van der Waals surface area contributed by atoms with Crippen molar-refractivity contribution in [1.29, 1.82) is 0 Å². The van der Waals surface area contributed by atoms with Crippen LogP contribution in [0.4, 0.5) is 0 Å². The predicted octanol–water partition coefficient (Wildman–Crippen LogP) is 12.9. The van der Waals surface area contributed by atoms with Gasteiger partial charge in [0.2, 0.25) is 0 Å². The number of nitrogens with zero attached hydrogens (tertiary/aromatic N) is 1. The van der Waals surface area contributed by atoms with Gasteiger partial charge < -0.3 is 24.4 Å². The Kier molecular flexibility index (Phi) is 41.7. The average Bonchev–Trinajstić information content (AvgIpc) is 3.10. The van der Waals surface area contributed by atoms with Crippen molar-refractivity contribution in [3.8, 4) is 0 Å². The van der Waals surface area contributed by atoms with E-state index in [2.05, 4.69) is 48.4 Å². The minimum Gasteiger partial charge on any atom is -0.470 e. The summed E-state index contributed by atoms with van der Waals surface area (Å²) in [5, 5.41) is 3.70. The Morgan fingerprint density at radius 3 is 1.38 bits per heavy atom. The molecule has 6 heteroatoms. The molecule has 0 aliphatic rings. The summed E-state index contributed by atoms with van der Waals surface area (Å²) in [4.78, 5) is 2.09. The normalized spacial score (nSPS) is 12.5. The maximum absolute atomic E-state index is 6.26. The van der Waals surface area contributed by atoms with Gasteiger partial charge in [0.15, 0.2) is 0 Å². The van der Waals surface area contributed by atoms with E-state index in [4.69, 9.17) is 26.4 Å². The molecule has 0 bridgehead atoms. The number of hydrogen-bond acceptors (Lipinski definition) is 5. The van der Waals surface area contributed by atoms with Gasteiger partial charge in [0.1, 0.15) is 6.61 Å². The molecule has 0 amide bonds. The van der Waals surface area contributed by atoms with Crippen LogP contribution in [-0.2, 0) is 14.2 Å². The van der Waals surface area contributed by atoms with Crippen LogP contribution < -0.4 is 5.32 Å². The molecule has 0 fully saturated rings. The van der Waals surface area contributed by atoms with Gasteiger partial charge in [0.05, 0.1) is 12.7 Å². The van der Waals surface area contributed by atoms with Gasteiger partial charge in [-0.2, -0.15) is 0 Å². The molecule has 1 N–H and O–H groups in total. The molecule has 50 heavy (non-hydrogen) atoms. The standard InChI is InChI=1S/C44H86N2O3S/c1-5-7-9-11-13-15-17-19-21-23-25-27-29-31-33-35-38-47-42-43(41-45-44(50)49-40-37-46(3)4)48-39-36-34-32-30-28-26-24-22-20-18-16-14-12-10-8-6-2/h19-22,43H,5-18,23-42H2,1-4H3,(H,45,50). The molecule has 0 saturated heterocycles. The lowest BCUT2D eigenvalue weighted by atomic mass is 10.1. The quantitative estimate of drug-likeness (QED) is 0.0386. The molecule has 0 aliphatic carbocycles. The Hall–Kier alpha value is -0.950. The van der Waals surface area contributed by atoms with E-state index >= 15 is 0 Å². The zero-order valence-corrected chi connectivity index (χ0v) is 34.8. The number of ether oxygens (including phenoxy) is 3. The Bertz CT molecular complexity index is 730. The molecule has 0 aromatic heterocycles. The van der Waals surface area contributed by atoms with Gasteiger partial charge in [-0.05, 0) is 90.5 Å². The highest BCUT2D eigenvalue weighted by Gasteiger charge is 2.11. The zero-order chi connectivity index (χ0) is 36.4. The Balaban J connectivity index is 3.94. The van der Waals surface area contributed by atoms with Crippen LogP contribution in [0.3, 0.4) is 0 Å². The second kappa shape index (κ2) is 42.5. The zero-order valence-electron chi connectivity index (χ0n) is 34.0. The maximum atomic E-state index is 6.26. The highest BCUT2D eigenvalue weighted by Crippen LogP contribution is 2.12. The summed E-state index contributed by atoms with van der Waals surface area (Å²) in [6, 6.07) is 0. The van der Waals surface area contributed by atoms with Crippen molar-refractivity contribution < 1.29 is 14.2 Å². The Morgan fingerprint density at radius 1 is 0.540 bits per heavy atom. The number of hydrogen-bond donors (Lipinski definition) is 1. The largest absolute Gasteiger partial charge is 0.470 e. The molecule has 1 unspecified atom stereocenters.